The van der Waals surface area contributed by atoms with Crippen LogP contribution in [0.15, 0.2) is 0 Å². The molecule has 1 unspecified atom stereocenters. The average molecular weight is 157 g/mol. The molecular formula is C10H23N. The second-order valence-corrected chi connectivity index (χ2v) is 4.58. The molecule has 0 amide bonds. The van der Waals surface area contributed by atoms with Crippen molar-refractivity contribution in [3.8, 4) is 0 Å². The molecule has 1 atom stereocenters. The predicted molar refractivity (Wildman–Crippen MR) is 51.8 cm³/mol. The molecule has 0 bridgehead atoms. The summed E-state index contributed by atoms with van der Waals surface area (Å²) < 4.78 is 0. The number of hydrogen-bond donors (Lipinski definition) is 0. The molecule has 68 valence electrons. The van der Waals surface area contributed by atoms with Crippen molar-refractivity contribution in [1.29, 1.82) is 0 Å². The molecule has 0 radical (unpaired) electrons. The number of rotatable bonds is 3. The van der Waals surface area contributed by atoms with E-state index in [-0.39, 0.29) is 0 Å². The van der Waals surface area contributed by atoms with Crippen molar-refractivity contribution in [1.82, 2.24) is 4.90 Å². The lowest BCUT2D eigenvalue weighted by Gasteiger charge is -2.40. The Morgan fingerprint density at radius 3 is 1.45 bits per heavy atom. The molecule has 0 N–H and O–H groups in total. The summed E-state index contributed by atoms with van der Waals surface area (Å²) in [5.74, 6) is 1.49. The van der Waals surface area contributed by atoms with Gasteiger partial charge in [-0.2, -0.15) is 0 Å². The molecular weight excluding hydrogens is 134 g/mol. The van der Waals surface area contributed by atoms with Gasteiger partial charge in [0.2, 0.25) is 0 Å². The minimum absolute atomic E-state index is 0.314. The van der Waals surface area contributed by atoms with Crippen molar-refractivity contribution >= 4 is 0 Å². The lowest BCUT2D eigenvalue weighted by Crippen LogP contribution is -2.45. The van der Waals surface area contributed by atoms with Gasteiger partial charge in [-0.05, 0) is 39.8 Å². The topological polar surface area (TPSA) is 3.24 Å². The Labute approximate surface area is 71.8 Å². The highest BCUT2D eigenvalue weighted by Gasteiger charge is 2.29. The third-order valence-corrected chi connectivity index (χ3v) is 3.27. The van der Waals surface area contributed by atoms with Gasteiger partial charge in [0.15, 0.2) is 0 Å². The Kier molecular flexibility index (Phi) is 3.56. The maximum Gasteiger partial charge on any atom is 0.0175 e. The third-order valence-electron chi connectivity index (χ3n) is 3.27. The van der Waals surface area contributed by atoms with Crippen molar-refractivity contribution < 1.29 is 0 Å². The first-order valence-electron chi connectivity index (χ1n) is 4.47. The minimum Gasteiger partial charge on any atom is -0.304 e. The Hall–Kier alpha value is -0.0400. The van der Waals surface area contributed by atoms with E-state index < -0.39 is 0 Å². The molecule has 0 aromatic carbocycles. The monoisotopic (exact) mass is 157 g/mol. The maximum atomic E-state index is 2.32. The fraction of sp³-hybridized carbons (Fsp3) is 1.00. The van der Waals surface area contributed by atoms with Crippen molar-refractivity contribution in [3.63, 3.8) is 0 Å². The van der Waals surface area contributed by atoms with Gasteiger partial charge >= 0.3 is 0 Å². The standard InChI is InChI=1S/C10H23N/c1-8(2)9(3)10(4,5)11(6)7/h8-9H,1-7H3. The number of hydrogen-bond acceptors (Lipinski definition) is 1. The second kappa shape index (κ2) is 3.57. The van der Waals surface area contributed by atoms with Gasteiger partial charge in [0.1, 0.15) is 0 Å². The van der Waals surface area contributed by atoms with Crippen LogP contribution in [0.1, 0.15) is 34.6 Å². The summed E-state index contributed by atoms with van der Waals surface area (Å²) in [6, 6.07) is 0. The van der Waals surface area contributed by atoms with E-state index in [1.165, 1.54) is 0 Å². The van der Waals surface area contributed by atoms with E-state index in [1.54, 1.807) is 0 Å². The lowest BCUT2D eigenvalue weighted by atomic mass is 9.80. The largest absolute Gasteiger partial charge is 0.304 e. The Bertz CT molecular complexity index is 114. The highest BCUT2D eigenvalue weighted by atomic mass is 15.1. The molecule has 0 aliphatic carbocycles. The van der Waals surface area contributed by atoms with Gasteiger partial charge in [0.05, 0.1) is 0 Å². The predicted octanol–water partition coefficient (Wildman–Crippen LogP) is 2.62. The smallest absolute Gasteiger partial charge is 0.0175 e. The van der Waals surface area contributed by atoms with Gasteiger partial charge in [-0.15, -0.1) is 0 Å². The average Bonchev–Trinajstić information content (AvgIpc) is 1.85. The summed E-state index contributed by atoms with van der Waals surface area (Å²) in [6.45, 7) is 11.5. The quantitative estimate of drug-likeness (QED) is 0.608. The van der Waals surface area contributed by atoms with Gasteiger partial charge in [-0.3, -0.25) is 0 Å². The fourth-order valence-corrected chi connectivity index (χ4v) is 1.22. The van der Waals surface area contributed by atoms with Crippen LogP contribution in [0, 0.1) is 11.8 Å². The van der Waals surface area contributed by atoms with Crippen molar-refractivity contribution in [2.24, 2.45) is 11.8 Å². The van der Waals surface area contributed by atoms with Crippen molar-refractivity contribution in [2.45, 2.75) is 40.2 Å². The highest BCUT2D eigenvalue weighted by Crippen LogP contribution is 2.27. The Balaban J connectivity index is 4.29. The van der Waals surface area contributed by atoms with E-state index in [4.69, 9.17) is 0 Å². The van der Waals surface area contributed by atoms with E-state index in [1.807, 2.05) is 0 Å². The summed E-state index contributed by atoms with van der Waals surface area (Å²) in [4.78, 5) is 2.30. The zero-order valence-electron chi connectivity index (χ0n) is 9.10. The summed E-state index contributed by atoms with van der Waals surface area (Å²) in [7, 11) is 4.30. The van der Waals surface area contributed by atoms with Gasteiger partial charge in [-0.25, -0.2) is 0 Å². The molecule has 0 aromatic rings. The molecule has 0 fully saturated rings. The first kappa shape index (κ1) is 11.0. The molecule has 11 heavy (non-hydrogen) atoms. The van der Waals surface area contributed by atoms with Gasteiger partial charge in [0, 0.05) is 5.54 Å². The molecule has 0 rings (SSSR count). The summed E-state index contributed by atoms with van der Waals surface area (Å²) in [5.41, 5.74) is 0.314. The highest BCUT2D eigenvalue weighted by molar-refractivity contribution is 4.84. The molecule has 0 aliphatic rings. The second-order valence-electron chi connectivity index (χ2n) is 4.58. The van der Waals surface area contributed by atoms with E-state index in [0.29, 0.717) is 5.54 Å². The molecule has 0 spiro atoms. The van der Waals surface area contributed by atoms with Crippen LogP contribution < -0.4 is 0 Å². The van der Waals surface area contributed by atoms with E-state index >= 15 is 0 Å². The summed E-state index contributed by atoms with van der Waals surface area (Å²) >= 11 is 0. The normalized spacial score (nSPS) is 16.1. The van der Waals surface area contributed by atoms with Crippen LogP contribution in [0.4, 0.5) is 0 Å². The summed E-state index contributed by atoms with van der Waals surface area (Å²) in [5, 5.41) is 0. The SMILES string of the molecule is CC(C)C(C)C(C)(C)N(C)C. The fourth-order valence-electron chi connectivity index (χ4n) is 1.22. The third kappa shape index (κ3) is 2.48. The van der Waals surface area contributed by atoms with E-state index in [2.05, 4.69) is 53.6 Å². The maximum absolute atomic E-state index is 2.32. The number of nitrogens with zero attached hydrogens (tertiary/aromatic N) is 1. The molecule has 1 nitrogen and oxygen atoms in total. The van der Waals surface area contributed by atoms with Crippen LogP contribution in [0.3, 0.4) is 0 Å². The Morgan fingerprint density at radius 1 is 1.00 bits per heavy atom. The zero-order valence-corrected chi connectivity index (χ0v) is 9.10. The molecule has 0 aliphatic heterocycles. The lowest BCUT2D eigenvalue weighted by molar-refractivity contribution is 0.0971. The minimum atomic E-state index is 0.314. The molecule has 0 saturated heterocycles. The van der Waals surface area contributed by atoms with Gasteiger partial charge < -0.3 is 4.90 Å². The van der Waals surface area contributed by atoms with Crippen LogP contribution in [0.2, 0.25) is 0 Å². The van der Waals surface area contributed by atoms with Crippen LogP contribution >= 0.6 is 0 Å². The molecule has 1 heteroatoms. The van der Waals surface area contributed by atoms with Crippen LogP contribution in [0.25, 0.3) is 0 Å². The van der Waals surface area contributed by atoms with Crippen molar-refractivity contribution in [3.05, 3.63) is 0 Å². The zero-order chi connectivity index (χ0) is 9.23. The first-order valence-corrected chi connectivity index (χ1v) is 4.47. The van der Waals surface area contributed by atoms with E-state index in [9.17, 15) is 0 Å². The Morgan fingerprint density at radius 2 is 1.36 bits per heavy atom. The summed E-state index contributed by atoms with van der Waals surface area (Å²) in [6.07, 6.45) is 0. The van der Waals surface area contributed by atoms with Gasteiger partial charge in [-0.1, -0.05) is 20.8 Å². The van der Waals surface area contributed by atoms with E-state index in [0.717, 1.165) is 11.8 Å². The van der Waals surface area contributed by atoms with Gasteiger partial charge in [0.25, 0.3) is 0 Å². The van der Waals surface area contributed by atoms with Crippen LogP contribution in [0.5, 0.6) is 0 Å². The van der Waals surface area contributed by atoms with Crippen LogP contribution in [-0.4, -0.2) is 24.5 Å². The van der Waals surface area contributed by atoms with Crippen LogP contribution in [-0.2, 0) is 0 Å². The molecule has 0 aromatic heterocycles. The van der Waals surface area contributed by atoms with Crippen molar-refractivity contribution in [2.75, 3.05) is 14.1 Å². The molecule has 0 heterocycles. The molecule has 0 saturated carbocycles. The first-order chi connectivity index (χ1) is 4.80.